The van der Waals surface area contributed by atoms with Crippen molar-refractivity contribution in [2.24, 2.45) is 0 Å². The lowest BCUT2D eigenvalue weighted by Gasteiger charge is -1.97. The summed E-state index contributed by atoms with van der Waals surface area (Å²) in [7, 11) is 0. The third kappa shape index (κ3) is 18.1. The van der Waals surface area contributed by atoms with Gasteiger partial charge in [-0.05, 0) is 0 Å². The summed E-state index contributed by atoms with van der Waals surface area (Å²) in [5.74, 6) is -3.20. The van der Waals surface area contributed by atoms with Crippen LogP contribution in [0.25, 0.3) is 0 Å². The number of hydrogen-bond donors (Lipinski definition) is 4. The SMILES string of the molecule is CC(=O)O.O=C(O)CC(S)C(=O)O. The fourth-order valence-electron chi connectivity index (χ4n) is 0.253. The van der Waals surface area contributed by atoms with Gasteiger partial charge in [-0.25, -0.2) is 0 Å². The minimum absolute atomic E-state index is 0.446. The second kappa shape index (κ2) is 7.41. The number of carboxylic acids is 3. The Hall–Kier alpha value is -1.24. The molecular weight excluding hydrogens is 200 g/mol. The molecule has 76 valence electrons. The minimum Gasteiger partial charge on any atom is -0.481 e. The summed E-state index contributed by atoms with van der Waals surface area (Å²) in [6.45, 7) is 1.08. The van der Waals surface area contributed by atoms with Crippen molar-refractivity contribution in [3.8, 4) is 0 Å². The standard InChI is InChI=1S/C4H6O4S.C2H4O2/c5-3(6)1-2(9)4(7)8;1-2(3)4/h2,9H,1H2,(H,5,6)(H,7,8);1H3,(H,3,4). The number of carbonyl (C=O) groups is 3. The molecule has 0 aromatic heterocycles. The molecule has 0 rings (SSSR count). The zero-order valence-corrected chi connectivity index (χ0v) is 7.69. The van der Waals surface area contributed by atoms with Crippen LogP contribution in [0.2, 0.25) is 0 Å². The third-order valence-electron chi connectivity index (χ3n) is 0.653. The molecule has 1 unspecified atom stereocenters. The van der Waals surface area contributed by atoms with E-state index in [4.69, 9.17) is 20.1 Å². The molecule has 0 aromatic carbocycles. The number of thiol groups is 1. The van der Waals surface area contributed by atoms with Crippen LogP contribution in [-0.2, 0) is 14.4 Å². The Morgan fingerprint density at radius 2 is 1.54 bits per heavy atom. The fourth-order valence-corrected chi connectivity index (χ4v) is 0.409. The molecule has 0 spiro atoms. The van der Waals surface area contributed by atoms with Crippen LogP contribution < -0.4 is 0 Å². The molecular formula is C6H10O6S. The summed E-state index contributed by atoms with van der Waals surface area (Å²) in [6, 6.07) is 0. The molecule has 13 heavy (non-hydrogen) atoms. The van der Waals surface area contributed by atoms with Gasteiger partial charge in [0.25, 0.3) is 5.97 Å². The number of carboxylic acid groups (broad SMARTS) is 3. The average Bonchev–Trinajstić information content (AvgIpc) is 1.83. The number of aliphatic carboxylic acids is 3. The van der Waals surface area contributed by atoms with Gasteiger partial charge in [-0.3, -0.25) is 14.4 Å². The normalized spacial score (nSPS) is 10.6. The molecule has 1 atom stereocenters. The molecule has 0 fully saturated rings. The highest BCUT2D eigenvalue weighted by atomic mass is 32.1. The van der Waals surface area contributed by atoms with Gasteiger partial charge < -0.3 is 15.3 Å². The van der Waals surface area contributed by atoms with E-state index in [1.54, 1.807) is 0 Å². The van der Waals surface area contributed by atoms with Crippen molar-refractivity contribution in [2.45, 2.75) is 18.6 Å². The van der Waals surface area contributed by atoms with Crippen LogP contribution in [-0.4, -0.2) is 38.5 Å². The predicted octanol–water partition coefficient (Wildman–Crippen LogP) is -0.0650. The van der Waals surface area contributed by atoms with Crippen LogP contribution >= 0.6 is 12.6 Å². The zero-order valence-electron chi connectivity index (χ0n) is 6.80. The van der Waals surface area contributed by atoms with E-state index < -0.39 is 29.6 Å². The summed E-state index contributed by atoms with van der Waals surface area (Å²) in [6.07, 6.45) is -0.446. The molecule has 7 heteroatoms. The molecule has 0 radical (unpaired) electrons. The van der Waals surface area contributed by atoms with Crippen molar-refractivity contribution in [3.63, 3.8) is 0 Å². The van der Waals surface area contributed by atoms with Crippen LogP contribution in [0.15, 0.2) is 0 Å². The molecule has 0 bridgehead atoms. The second-order valence-corrected chi connectivity index (χ2v) is 2.59. The van der Waals surface area contributed by atoms with E-state index in [9.17, 15) is 9.59 Å². The molecule has 0 heterocycles. The van der Waals surface area contributed by atoms with Crippen molar-refractivity contribution in [1.29, 1.82) is 0 Å². The van der Waals surface area contributed by atoms with E-state index in [1.807, 2.05) is 0 Å². The van der Waals surface area contributed by atoms with Crippen molar-refractivity contribution >= 4 is 30.5 Å². The topological polar surface area (TPSA) is 112 Å². The van der Waals surface area contributed by atoms with Gasteiger partial charge in [0.2, 0.25) is 0 Å². The summed E-state index contributed by atoms with van der Waals surface area (Å²) >= 11 is 3.48. The van der Waals surface area contributed by atoms with Gasteiger partial charge in [0, 0.05) is 6.92 Å². The smallest absolute Gasteiger partial charge is 0.316 e. The van der Waals surface area contributed by atoms with Crippen molar-refractivity contribution < 1.29 is 29.7 Å². The van der Waals surface area contributed by atoms with Crippen LogP contribution in [0.1, 0.15) is 13.3 Å². The molecule has 0 saturated heterocycles. The second-order valence-electron chi connectivity index (χ2n) is 1.97. The zero-order chi connectivity index (χ0) is 11.0. The Balaban J connectivity index is 0. The maximum absolute atomic E-state index is 9.90. The lowest BCUT2D eigenvalue weighted by Crippen LogP contribution is -2.17. The average molecular weight is 210 g/mol. The van der Waals surface area contributed by atoms with Crippen molar-refractivity contribution in [2.75, 3.05) is 0 Å². The lowest BCUT2D eigenvalue weighted by atomic mass is 10.3. The van der Waals surface area contributed by atoms with E-state index in [-0.39, 0.29) is 0 Å². The maximum atomic E-state index is 9.90. The monoisotopic (exact) mass is 210 g/mol. The van der Waals surface area contributed by atoms with E-state index in [0.29, 0.717) is 0 Å². The fraction of sp³-hybridized carbons (Fsp3) is 0.500. The molecule has 0 aliphatic heterocycles. The molecule has 0 aliphatic rings. The molecule has 0 saturated carbocycles. The van der Waals surface area contributed by atoms with Gasteiger partial charge in [-0.2, -0.15) is 12.6 Å². The highest BCUT2D eigenvalue weighted by Gasteiger charge is 2.14. The molecule has 0 aromatic rings. The summed E-state index contributed by atoms with van der Waals surface area (Å²) in [5.41, 5.74) is 0. The van der Waals surface area contributed by atoms with E-state index in [0.717, 1.165) is 6.92 Å². The molecule has 0 amide bonds. The van der Waals surface area contributed by atoms with E-state index in [2.05, 4.69) is 12.6 Å². The first-order chi connectivity index (χ1) is 5.77. The van der Waals surface area contributed by atoms with Crippen LogP contribution in [0.5, 0.6) is 0 Å². The summed E-state index contributed by atoms with van der Waals surface area (Å²) < 4.78 is 0. The van der Waals surface area contributed by atoms with Crippen LogP contribution in [0.3, 0.4) is 0 Å². The van der Waals surface area contributed by atoms with E-state index in [1.165, 1.54) is 0 Å². The quantitative estimate of drug-likeness (QED) is 0.485. The first kappa shape index (κ1) is 14.3. The van der Waals surface area contributed by atoms with Crippen molar-refractivity contribution in [3.05, 3.63) is 0 Å². The first-order valence-corrected chi connectivity index (χ1v) is 3.61. The van der Waals surface area contributed by atoms with Crippen molar-refractivity contribution in [1.82, 2.24) is 0 Å². The molecule has 6 nitrogen and oxygen atoms in total. The first-order valence-electron chi connectivity index (χ1n) is 3.09. The highest BCUT2D eigenvalue weighted by Crippen LogP contribution is 1.99. The summed E-state index contributed by atoms with van der Waals surface area (Å²) in [4.78, 5) is 28.7. The summed E-state index contributed by atoms with van der Waals surface area (Å²) in [5, 5.41) is 22.4. The Morgan fingerprint density at radius 1 is 1.23 bits per heavy atom. The van der Waals surface area contributed by atoms with Gasteiger partial charge in [-0.1, -0.05) is 0 Å². The minimum atomic E-state index is -1.21. The van der Waals surface area contributed by atoms with Crippen LogP contribution in [0, 0.1) is 0 Å². The maximum Gasteiger partial charge on any atom is 0.316 e. The Morgan fingerprint density at radius 3 is 1.62 bits per heavy atom. The Bertz CT molecular complexity index is 197. The van der Waals surface area contributed by atoms with Gasteiger partial charge in [-0.15, -0.1) is 0 Å². The highest BCUT2D eigenvalue weighted by molar-refractivity contribution is 7.81. The predicted molar refractivity (Wildman–Crippen MR) is 46.0 cm³/mol. The van der Waals surface area contributed by atoms with Gasteiger partial charge in [0.15, 0.2) is 0 Å². The molecule has 0 aliphatic carbocycles. The largest absolute Gasteiger partial charge is 0.481 e. The Labute approximate surface area is 79.6 Å². The Kier molecular flexibility index (Phi) is 8.15. The van der Waals surface area contributed by atoms with Gasteiger partial charge in [0.1, 0.15) is 5.25 Å². The number of rotatable bonds is 3. The van der Waals surface area contributed by atoms with Gasteiger partial charge in [0.05, 0.1) is 6.42 Å². The van der Waals surface area contributed by atoms with Gasteiger partial charge >= 0.3 is 11.9 Å². The third-order valence-corrected chi connectivity index (χ3v) is 1.06. The lowest BCUT2D eigenvalue weighted by molar-refractivity contribution is -0.142. The molecule has 3 N–H and O–H groups in total. The van der Waals surface area contributed by atoms with E-state index >= 15 is 0 Å². The van der Waals surface area contributed by atoms with Crippen LogP contribution in [0.4, 0.5) is 0 Å². The number of hydrogen-bond acceptors (Lipinski definition) is 4.